The van der Waals surface area contributed by atoms with E-state index in [1.165, 1.54) is 13.1 Å². The van der Waals surface area contributed by atoms with Crippen LogP contribution in [-0.2, 0) is 14.3 Å². The summed E-state index contributed by atoms with van der Waals surface area (Å²) >= 11 is 0. The van der Waals surface area contributed by atoms with Crippen molar-refractivity contribution in [3.63, 3.8) is 0 Å². The topological polar surface area (TPSA) is 81.4 Å². The summed E-state index contributed by atoms with van der Waals surface area (Å²) in [5.41, 5.74) is 5.83. The lowest BCUT2D eigenvalue weighted by atomic mass is 10.3. The van der Waals surface area contributed by atoms with Crippen molar-refractivity contribution in [3.8, 4) is 0 Å². The van der Waals surface area contributed by atoms with Crippen molar-refractivity contribution in [2.24, 2.45) is 5.73 Å². The number of amides is 1. The fourth-order valence-electron chi connectivity index (χ4n) is 0.621. The second-order valence-electron chi connectivity index (χ2n) is 3.01. The molecule has 0 aliphatic rings. The molecule has 15 heavy (non-hydrogen) atoms. The number of nitrogens with one attached hydrogen (secondary N) is 1. The number of hydrogen-bond donors (Lipinski definition) is 2. The second-order valence-corrected chi connectivity index (χ2v) is 3.01. The molecule has 0 aliphatic heterocycles. The average Bonchev–Trinajstić information content (AvgIpc) is 2.21. The summed E-state index contributed by atoms with van der Waals surface area (Å²) in [6, 6.07) is 0. The lowest BCUT2D eigenvalue weighted by Gasteiger charge is -2.03. The summed E-state index contributed by atoms with van der Waals surface area (Å²) < 4.78 is 4.74. The zero-order chi connectivity index (χ0) is 11.8. The summed E-state index contributed by atoms with van der Waals surface area (Å²) in [7, 11) is 0. The maximum atomic E-state index is 11.2. The van der Waals surface area contributed by atoms with Crippen molar-refractivity contribution in [1.82, 2.24) is 5.32 Å². The van der Waals surface area contributed by atoms with E-state index in [-0.39, 0.29) is 19.1 Å². The fourth-order valence-corrected chi connectivity index (χ4v) is 0.621. The Hall–Kier alpha value is -1.62. The van der Waals surface area contributed by atoms with Crippen LogP contribution in [0, 0.1) is 0 Å². The molecule has 0 unspecified atom stereocenters. The Morgan fingerprint density at radius 3 is 2.53 bits per heavy atom. The van der Waals surface area contributed by atoms with Crippen LogP contribution >= 0.6 is 0 Å². The first-order valence-electron chi connectivity index (χ1n) is 4.49. The third-order valence-corrected chi connectivity index (χ3v) is 1.48. The van der Waals surface area contributed by atoms with Gasteiger partial charge >= 0.3 is 5.97 Å². The SMILES string of the molecule is C=C(C)C(=O)NC=C(C)C(=O)OCCN. The Bertz CT molecular complexity index is 295. The second kappa shape index (κ2) is 6.78. The van der Waals surface area contributed by atoms with Gasteiger partial charge in [-0.2, -0.15) is 0 Å². The minimum absolute atomic E-state index is 0.165. The molecule has 0 aromatic rings. The van der Waals surface area contributed by atoms with Crippen molar-refractivity contribution >= 4 is 11.9 Å². The van der Waals surface area contributed by atoms with E-state index in [2.05, 4.69) is 11.9 Å². The molecule has 0 aromatic carbocycles. The van der Waals surface area contributed by atoms with Gasteiger partial charge in [0.25, 0.3) is 0 Å². The van der Waals surface area contributed by atoms with Gasteiger partial charge in [0.05, 0.1) is 5.57 Å². The average molecular weight is 212 g/mol. The zero-order valence-electron chi connectivity index (χ0n) is 9.00. The Morgan fingerprint density at radius 1 is 1.47 bits per heavy atom. The highest BCUT2D eigenvalue weighted by Crippen LogP contribution is 1.95. The van der Waals surface area contributed by atoms with Gasteiger partial charge in [0.2, 0.25) is 5.91 Å². The molecule has 0 bridgehead atoms. The van der Waals surface area contributed by atoms with E-state index in [9.17, 15) is 9.59 Å². The van der Waals surface area contributed by atoms with Crippen LogP contribution in [0.15, 0.2) is 23.9 Å². The van der Waals surface area contributed by atoms with Crippen LogP contribution in [-0.4, -0.2) is 25.0 Å². The van der Waals surface area contributed by atoms with Gasteiger partial charge in [-0.3, -0.25) is 4.79 Å². The van der Waals surface area contributed by atoms with Crippen LogP contribution in [0.4, 0.5) is 0 Å². The largest absolute Gasteiger partial charge is 0.461 e. The van der Waals surface area contributed by atoms with Crippen LogP contribution in [0.25, 0.3) is 0 Å². The van der Waals surface area contributed by atoms with E-state index >= 15 is 0 Å². The summed E-state index contributed by atoms with van der Waals surface area (Å²) in [6.45, 7) is 7.01. The molecule has 84 valence electrons. The first kappa shape index (κ1) is 13.4. The molecule has 3 N–H and O–H groups in total. The lowest BCUT2D eigenvalue weighted by molar-refractivity contribution is -0.138. The molecule has 0 saturated carbocycles. The van der Waals surface area contributed by atoms with Gasteiger partial charge in [0, 0.05) is 18.3 Å². The van der Waals surface area contributed by atoms with Gasteiger partial charge in [0.1, 0.15) is 6.61 Å². The number of esters is 1. The number of carbonyl (C=O) groups excluding carboxylic acids is 2. The minimum atomic E-state index is -0.498. The molecule has 0 saturated heterocycles. The van der Waals surface area contributed by atoms with Gasteiger partial charge in [-0.05, 0) is 13.8 Å². The summed E-state index contributed by atoms with van der Waals surface area (Å²) in [5.74, 6) is -0.830. The number of hydrogen-bond acceptors (Lipinski definition) is 4. The standard InChI is InChI=1S/C10H16N2O3/c1-7(2)9(13)12-6-8(3)10(14)15-5-4-11/h6H,1,4-5,11H2,2-3H3,(H,12,13). The highest BCUT2D eigenvalue weighted by atomic mass is 16.5. The van der Waals surface area contributed by atoms with Crippen LogP contribution < -0.4 is 11.1 Å². The fraction of sp³-hybridized carbons (Fsp3) is 0.400. The lowest BCUT2D eigenvalue weighted by Crippen LogP contribution is -2.20. The number of carbonyl (C=O) groups is 2. The van der Waals surface area contributed by atoms with Crippen molar-refractivity contribution in [3.05, 3.63) is 23.9 Å². The van der Waals surface area contributed by atoms with E-state index in [4.69, 9.17) is 10.5 Å². The Morgan fingerprint density at radius 2 is 2.07 bits per heavy atom. The third kappa shape index (κ3) is 5.64. The molecule has 0 aromatic heterocycles. The molecule has 0 heterocycles. The van der Waals surface area contributed by atoms with Crippen molar-refractivity contribution < 1.29 is 14.3 Å². The summed E-state index contributed by atoms with van der Waals surface area (Å²) in [4.78, 5) is 22.2. The van der Waals surface area contributed by atoms with Crippen molar-refractivity contribution in [1.29, 1.82) is 0 Å². The van der Waals surface area contributed by atoms with Gasteiger partial charge in [-0.15, -0.1) is 0 Å². The van der Waals surface area contributed by atoms with Crippen molar-refractivity contribution in [2.75, 3.05) is 13.2 Å². The van der Waals surface area contributed by atoms with E-state index in [0.717, 1.165) is 0 Å². The van der Waals surface area contributed by atoms with Crippen LogP contribution in [0.3, 0.4) is 0 Å². The molecule has 0 fully saturated rings. The number of nitrogens with two attached hydrogens (primary N) is 1. The van der Waals surface area contributed by atoms with Crippen LogP contribution in [0.2, 0.25) is 0 Å². The molecule has 0 radical (unpaired) electrons. The molecular weight excluding hydrogens is 196 g/mol. The van der Waals surface area contributed by atoms with Gasteiger partial charge < -0.3 is 15.8 Å². The van der Waals surface area contributed by atoms with E-state index in [1.54, 1.807) is 6.92 Å². The molecular formula is C10H16N2O3. The first-order valence-corrected chi connectivity index (χ1v) is 4.49. The van der Waals surface area contributed by atoms with E-state index < -0.39 is 5.97 Å². The molecule has 5 heteroatoms. The van der Waals surface area contributed by atoms with E-state index in [1.807, 2.05) is 0 Å². The highest BCUT2D eigenvalue weighted by Gasteiger charge is 2.05. The molecule has 0 spiro atoms. The molecule has 0 atom stereocenters. The monoisotopic (exact) mass is 212 g/mol. The van der Waals surface area contributed by atoms with Crippen LogP contribution in [0.5, 0.6) is 0 Å². The van der Waals surface area contributed by atoms with E-state index in [0.29, 0.717) is 11.1 Å². The molecule has 0 rings (SSSR count). The molecule has 0 aliphatic carbocycles. The molecule has 5 nitrogen and oxygen atoms in total. The minimum Gasteiger partial charge on any atom is -0.461 e. The predicted octanol–water partition coefficient (Wildman–Crippen LogP) is 0.0844. The maximum absolute atomic E-state index is 11.2. The maximum Gasteiger partial charge on any atom is 0.335 e. The number of ether oxygens (including phenoxy) is 1. The first-order chi connectivity index (χ1) is 6.99. The third-order valence-electron chi connectivity index (χ3n) is 1.48. The summed E-state index contributed by atoms with van der Waals surface area (Å²) in [5, 5.41) is 2.41. The zero-order valence-corrected chi connectivity index (χ0v) is 9.00. The smallest absolute Gasteiger partial charge is 0.335 e. The van der Waals surface area contributed by atoms with Crippen LogP contribution in [0.1, 0.15) is 13.8 Å². The summed E-state index contributed by atoms with van der Waals surface area (Å²) in [6.07, 6.45) is 1.29. The van der Waals surface area contributed by atoms with Gasteiger partial charge in [0.15, 0.2) is 0 Å². The highest BCUT2D eigenvalue weighted by molar-refractivity contribution is 5.94. The molecule has 1 amide bonds. The Balaban J connectivity index is 4.13. The Kier molecular flexibility index (Phi) is 6.05. The van der Waals surface area contributed by atoms with Gasteiger partial charge in [-0.25, -0.2) is 4.79 Å². The quantitative estimate of drug-likeness (QED) is 0.499. The van der Waals surface area contributed by atoms with Gasteiger partial charge in [-0.1, -0.05) is 6.58 Å². The van der Waals surface area contributed by atoms with Crippen molar-refractivity contribution in [2.45, 2.75) is 13.8 Å². The number of rotatable bonds is 5. The Labute approximate surface area is 89.0 Å². The predicted molar refractivity (Wildman–Crippen MR) is 56.7 cm³/mol. The normalized spacial score (nSPS) is 10.7.